The molecule has 0 aromatic heterocycles. The molecule has 1 atom stereocenters. The van der Waals surface area contributed by atoms with Crippen LogP contribution in [0.15, 0.2) is 18.2 Å². The third-order valence-electron chi connectivity index (χ3n) is 5.78. The molecule has 3 saturated heterocycles. The number of carbonyl (C=O) groups excluding carboxylic acids is 2. The lowest BCUT2D eigenvalue weighted by Gasteiger charge is -2.56. The van der Waals surface area contributed by atoms with Crippen molar-refractivity contribution in [2.45, 2.75) is 18.9 Å². The summed E-state index contributed by atoms with van der Waals surface area (Å²) in [4.78, 5) is 27.3. The van der Waals surface area contributed by atoms with Crippen molar-refractivity contribution in [3.63, 3.8) is 0 Å². The number of hydrogen-bond donors (Lipinski definition) is 1. The van der Waals surface area contributed by atoms with Crippen LogP contribution in [-0.4, -0.2) is 57.5 Å². The Hall–Kier alpha value is -2.35. The summed E-state index contributed by atoms with van der Waals surface area (Å²) in [5.74, 6) is -0.211. The van der Waals surface area contributed by atoms with E-state index in [2.05, 4.69) is 5.32 Å². The number of carbonyl (C=O) groups is 2. The topological polar surface area (TPSA) is 71.1 Å². The minimum Gasteiger partial charge on any atom is -0.442 e. The zero-order chi connectivity index (χ0) is 18.6. The van der Waals surface area contributed by atoms with Gasteiger partial charge in [-0.15, -0.1) is 0 Å². The smallest absolute Gasteiger partial charge is 0.414 e. The number of nitrogens with zero attached hydrogens (tertiary/aromatic N) is 2. The number of ether oxygens (including phenoxy) is 2. The molecule has 144 valence electrons. The Labute approximate surface area is 156 Å². The molecule has 7 nitrogen and oxygen atoms in total. The van der Waals surface area contributed by atoms with Crippen molar-refractivity contribution in [2.24, 2.45) is 11.3 Å². The van der Waals surface area contributed by atoms with Gasteiger partial charge in [-0.2, -0.15) is 0 Å². The van der Waals surface area contributed by atoms with Crippen molar-refractivity contribution in [1.82, 2.24) is 5.32 Å². The van der Waals surface area contributed by atoms with E-state index in [4.69, 9.17) is 9.47 Å². The summed E-state index contributed by atoms with van der Waals surface area (Å²) < 4.78 is 25.2. The fourth-order valence-corrected chi connectivity index (χ4v) is 3.97. The number of rotatable bonds is 5. The molecule has 1 aromatic rings. The zero-order valence-electron chi connectivity index (χ0n) is 14.9. The standard InChI is InChI=1S/C19H22FN3O4/c20-15-5-13(3-4-16(15)22-8-19(9-22)10-26-11-19)23-7-14(27-18(23)25)6-21-17(24)12-1-2-12/h3-5,12,14H,1-2,6-11H2,(H,21,24). The molecule has 3 heterocycles. The molecule has 4 fully saturated rings. The summed E-state index contributed by atoms with van der Waals surface area (Å²) in [5.41, 5.74) is 1.23. The van der Waals surface area contributed by atoms with Gasteiger partial charge < -0.3 is 19.7 Å². The van der Waals surface area contributed by atoms with E-state index < -0.39 is 12.2 Å². The van der Waals surface area contributed by atoms with Crippen LogP contribution in [0.2, 0.25) is 0 Å². The number of hydrogen-bond acceptors (Lipinski definition) is 5. The van der Waals surface area contributed by atoms with Gasteiger partial charge in [0.05, 0.1) is 43.1 Å². The van der Waals surface area contributed by atoms with Crippen molar-refractivity contribution in [3.8, 4) is 0 Å². The number of anilines is 2. The van der Waals surface area contributed by atoms with E-state index in [9.17, 15) is 14.0 Å². The van der Waals surface area contributed by atoms with Crippen LogP contribution in [0, 0.1) is 17.2 Å². The summed E-state index contributed by atoms with van der Waals surface area (Å²) in [6, 6.07) is 4.84. The van der Waals surface area contributed by atoms with Crippen LogP contribution in [-0.2, 0) is 14.3 Å². The number of cyclic esters (lactones) is 1. The molecule has 0 radical (unpaired) electrons. The summed E-state index contributed by atoms with van der Waals surface area (Å²) in [6.45, 7) is 3.70. The largest absolute Gasteiger partial charge is 0.442 e. The first-order valence-electron chi connectivity index (χ1n) is 9.41. The molecular formula is C19H22FN3O4. The van der Waals surface area contributed by atoms with E-state index in [1.165, 1.54) is 11.0 Å². The fourth-order valence-electron chi connectivity index (χ4n) is 3.97. The molecule has 8 heteroatoms. The Morgan fingerprint density at radius 3 is 2.70 bits per heavy atom. The monoisotopic (exact) mass is 375 g/mol. The molecule has 1 aliphatic carbocycles. The Bertz CT molecular complexity index is 785. The van der Waals surface area contributed by atoms with Gasteiger partial charge in [-0.1, -0.05) is 0 Å². The van der Waals surface area contributed by atoms with E-state index in [0.29, 0.717) is 17.9 Å². The summed E-state index contributed by atoms with van der Waals surface area (Å²) >= 11 is 0. The zero-order valence-corrected chi connectivity index (χ0v) is 14.9. The molecule has 3 aliphatic heterocycles. The van der Waals surface area contributed by atoms with Crippen molar-refractivity contribution >= 4 is 23.4 Å². The van der Waals surface area contributed by atoms with Crippen molar-refractivity contribution in [2.75, 3.05) is 49.2 Å². The van der Waals surface area contributed by atoms with Crippen molar-refractivity contribution < 1.29 is 23.5 Å². The van der Waals surface area contributed by atoms with E-state index >= 15 is 0 Å². The van der Waals surface area contributed by atoms with Crippen LogP contribution in [0.25, 0.3) is 0 Å². The minimum atomic E-state index is -0.512. The molecule has 0 bridgehead atoms. The number of benzene rings is 1. The summed E-state index contributed by atoms with van der Waals surface area (Å²) in [6.07, 6.45) is 0.928. The number of nitrogens with one attached hydrogen (secondary N) is 1. The quantitative estimate of drug-likeness (QED) is 0.845. The number of amides is 2. The van der Waals surface area contributed by atoms with Crippen LogP contribution in [0.5, 0.6) is 0 Å². The predicted molar refractivity (Wildman–Crippen MR) is 95.2 cm³/mol. The van der Waals surface area contributed by atoms with E-state index in [-0.39, 0.29) is 29.6 Å². The highest BCUT2D eigenvalue weighted by Gasteiger charge is 2.49. The molecular weight excluding hydrogens is 353 g/mol. The van der Waals surface area contributed by atoms with Crippen LogP contribution in [0.3, 0.4) is 0 Å². The van der Waals surface area contributed by atoms with E-state index in [0.717, 1.165) is 39.1 Å². The molecule has 4 aliphatic rings. The first-order valence-corrected chi connectivity index (χ1v) is 9.41. The van der Waals surface area contributed by atoms with Gasteiger partial charge in [-0.05, 0) is 31.0 Å². The molecule has 27 heavy (non-hydrogen) atoms. The first kappa shape index (κ1) is 16.8. The van der Waals surface area contributed by atoms with Crippen LogP contribution >= 0.6 is 0 Å². The fraction of sp³-hybridized carbons (Fsp3) is 0.579. The Kier molecular flexibility index (Phi) is 3.79. The maximum absolute atomic E-state index is 14.6. The van der Waals surface area contributed by atoms with Gasteiger partial charge in [0, 0.05) is 19.0 Å². The lowest BCUT2D eigenvalue weighted by atomic mass is 9.78. The van der Waals surface area contributed by atoms with Gasteiger partial charge in [0.2, 0.25) is 5.91 Å². The lowest BCUT2D eigenvalue weighted by Crippen LogP contribution is -2.66. The van der Waals surface area contributed by atoms with Gasteiger partial charge in [-0.3, -0.25) is 9.69 Å². The minimum absolute atomic E-state index is 0.0177. The molecule has 1 aromatic carbocycles. The maximum atomic E-state index is 14.6. The van der Waals surface area contributed by atoms with Crippen LogP contribution < -0.4 is 15.1 Å². The Morgan fingerprint density at radius 1 is 1.30 bits per heavy atom. The second kappa shape index (κ2) is 6.09. The van der Waals surface area contributed by atoms with E-state index in [1.54, 1.807) is 12.1 Å². The highest BCUT2D eigenvalue weighted by atomic mass is 19.1. The summed E-state index contributed by atoms with van der Waals surface area (Å²) in [5, 5.41) is 2.81. The van der Waals surface area contributed by atoms with Crippen molar-refractivity contribution in [1.29, 1.82) is 0 Å². The highest BCUT2D eigenvalue weighted by molar-refractivity contribution is 5.90. The average Bonchev–Trinajstić information content (AvgIpc) is 3.35. The second-order valence-corrected chi connectivity index (χ2v) is 8.12. The molecule has 2 amide bonds. The lowest BCUT2D eigenvalue weighted by molar-refractivity contribution is -0.127. The van der Waals surface area contributed by atoms with E-state index in [1.807, 2.05) is 4.90 Å². The predicted octanol–water partition coefficient (Wildman–Crippen LogP) is 1.51. The Morgan fingerprint density at radius 2 is 2.07 bits per heavy atom. The SMILES string of the molecule is O=C(NCC1CN(c2ccc(N3CC4(COC4)C3)c(F)c2)C(=O)O1)C1CC1. The van der Waals surface area contributed by atoms with Gasteiger partial charge in [0.15, 0.2) is 0 Å². The molecule has 1 unspecified atom stereocenters. The number of halogens is 1. The molecule has 1 saturated carbocycles. The molecule has 1 N–H and O–H groups in total. The highest BCUT2D eigenvalue weighted by Crippen LogP contribution is 2.41. The maximum Gasteiger partial charge on any atom is 0.414 e. The average molecular weight is 375 g/mol. The van der Waals surface area contributed by atoms with Crippen molar-refractivity contribution in [3.05, 3.63) is 24.0 Å². The van der Waals surface area contributed by atoms with Gasteiger partial charge in [-0.25, -0.2) is 9.18 Å². The Balaban J connectivity index is 1.21. The van der Waals surface area contributed by atoms with Crippen LogP contribution in [0.1, 0.15) is 12.8 Å². The normalized spacial score (nSPS) is 25.8. The summed E-state index contributed by atoms with van der Waals surface area (Å²) in [7, 11) is 0. The van der Waals surface area contributed by atoms with Gasteiger partial charge >= 0.3 is 6.09 Å². The molecule has 1 spiro atoms. The third-order valence-corrected chi connectivity index (χ3v) is 5.78. The first-order chi connectivity index (χ1) is 13.0. The van der Waals surface area contributed by atoms with Crippen LogP contribution in [0.4, 0.5) is 20.6 Å². The third kappa shape index (κ3) is 3.01. The molecule has 5 rings (SSSR count). The second-order valence-electron chi connectivity index (χ2n) is 8.12. The van der Waals surface area contributed by atoms with Gasteiger partial charge in [0.25, 0.3) is 0 Å². The van der Waals surface area contributed by atoms with Gasteiger partial charge in [0.1, 0.15) is 11.9 Å².